The SMILES string of the molecule is CCC(NS(=O)(=O)c1ccc(Br)c(F)c1)C1CCCCC1. The molecule has 1 unspecified atom stereocenters. The maximum Gasteiger partial charge on any atom is 0.240 e. The zero-order valence-electron chi connectivity index (χ0n) is 12.1. The number of nitrogens with one attached hydrogen (secondary N) is 1. The molecule has 2 rings (SSSR count). The predicted molar refractivity (Wildman–Crippen MR) is 85.1 cm³/mol. The van der Waals surface area contributed by atoms with Gasteiger partial charge in [-0.1, -0.05) is 26.2 Å². The van der Waals surface area contributed by atoms with Crippen molar-refractivity contribution in [1.82, 2.24) is 4.72 Å². The first-order chi connectivity index (χ1) is 9.94. The summed E-state index contributed by atoms with van der Waals surface area (Å²) in [5.41, 5.74) is 0. The highest BCUT2D eigenvalue weighted by molar-refractivity contribution is 9.10. The molecule has 0 heterocycles. The van der Waals surface area contributed by atoms with E-state index in [4.69, 9.17) is 0 Å². The first-order valence-corrected chi connectivity index (χ1v) is 9.69. The van der Waals surface area contributed by atoms with Gasteiger partial charge in [-0.05, 0) is 59.3 Å². The smallest absolute Gasteiger partial charge is 0.208 e. The van der Waals surface area contributed by atoms with Gasteiger partial charge in [-0.15, -0.1) is 0 Å². The van der Waals surface area contributed by atoms with Crippen molar-refractivity contribution in [2.45, 2.75) is 56.4 Å². The van der Waals surface area contributed by atoms with Crippen LogP contribution in [0.15, 0.2) is 27.6 Å². The van der Waals surface area contributed by atoms with Crippen LogP contribution in [0.5, 0.6) is 0 Å². The Kier molecular flexibility index (Phi) is 5.80. The third-order valence-electron chi connectivity index (χ3n) is 4.17. The summed E-state index contributed by atoms with van der Waals surface area (Å²) in [7, 11) is -3.67. The minimum atomic E-state index is -3.67. The molecule has 1 aliphatic carbocycles. The van der Waals surface area contributed by atoms with Gasteiger partial charge in [0.2, 0.25) is 10.0 Å². The fourth-order valence-corrected chi connectivity index (χ4v) is 4.61. The van der Waals surface area contributed by atoms with E-state index in [1.54, 1.807) is 0 Å². The van der Waals surface area contributed by atoms with Crippen LogP contribution in [0.1, 0.15) is 45.4 Å². The second kappa shape index (κ2) is 7.20. The molecule has 0 spiro atoms. The molecule has 1 aromatic rings. The molecule has 0 bridgehead atoms. The summed E-state index contributed by atoms with van der Waals surface area (Å²) in [5, 5.41) is 0. The van der Waals surface area contributed by atoms with Crippen LogP contribution in [0, 0.1) is 11.7 Å². The van der Waals surface area contributed by atoms with E-state index >= 15 is 0 Å². The van der Waals surface area contributed by atoms with E-state index in [9.17, 15) is 12.8 Å². The van der Waals surface area contributed by atoms with Crippen molar-refractivity contribution in [3.8, 4) is 0 Å². The Morgan fingerprint density at radius 3 is 2.57 bits per heavy atom. The second-order valence-electron chi connectivity index (χ2n) is 5.61. The van der Waals surface area contributed by atoms with Crippen molar-refractivity contribution in [1.29, 1.82) is 0 Å². The first kappa shape index (κ1) is 16.9. The molecule has 1 fully saturated rings. The number of benzene rings is 1. The maximum absolute atomic E-state index is 13.5. The fraction of sp³-hybridized carbons (Fsp3) is 0.600. The topological polar surface area (TPSA) is 46.2 Å². The predicted octanol–water partition coefficient (Wildman–Crippen LogP) is 4.23. The van der Waals surface area contributed by atoms with Crippen LogP contribution < -0.4 is 4.72 Å². The van der Waals surface area contributed by atoms with Gasteiger partial charge in [0.1, 0.15) is 5.82 Å². The van der Waals surface area contributed by atoms with Gasteiger partial charge in [0.05, 0.1) is 9.37 Å². The summed E-state index contributed by atoms with van der Waals surface area (Å²) in [6.07, 6.45) is 6.44. The molecule has 1 aromatic carbocycles. The summed E-state index contributed by atoms with van der Waals surface area (Å²) < 4.78 is 41.4. The summed E-state index contributed by atoms with van der Waals surface area (Å²) in [5.74, 6) is -0.178. The van der Waals surface area contributed by atoms with E-state index in [0.717, 1.165) is 38.2 Å². The van der Waals surface area contributed by atoms with E-state index in [1.165, 1.54) is 18.6 Å². The number of halogens is 2. The summed E-state index contributed by atoms with van der Waals surface area (Å²) in [6, 6.07) is 3.83. The lowest BCUT2D eigenvalue weighted by Crippen LogP contribution is -2.40. The van der Waals surface area contributed by atoms with Crippen molar-refractivity contribution in [2.75, 3.05) is 0 Å². The van der Waals surface area contributed by atoms with Crippen LogP contribution in [-0.4, -0.2) is 14.5 Å². The minimum Gasteiger partial charge on any atom is -0.208 e. The number of sulfonamides is 1. The first-order valence-electron chi connectivity index (χ1n) is 7.41. The molecule has 6 heteroatoms. The van der Waals surface area contributed by atoms with E-state index in [2.05, 4.69) is 20.7 Å². The highest BCUT2D eigenvalue weighted by atomic mass is 79.9. The molecular formula is C15H21BrFNO2S. The second-order valence-corrected chi connectivity index (χ2v) is 8.18. The zero-order valence-corrected chi connectivity index (χ0v) is 14.5. The lowest BCUT2D eigenvalue weighted by Gasteiger charge is -2.30. The number of rotatable bonds is 5. The van der Waals surface area contributed by atoms with E-state index < -0.39 is 15.8 Å². The molecule has 0 saturated heterocycles. The number of hydrogen-bond donors (Lipinski definition) is 1. The van der Waals surface area contributed by atoms with Crippen LogP contribution in [0.4, 0.5) is 4.39 Å². The normalized spacial score (nSPS) is 18.6. The molecule has 118 valence electrons. The lowest BCUT2D eigenvalue weighted by atomic mass is 9.83. The van der Waals surface area contributed by atoms with Crippen molar-refractivity contribution < 1.29 is 12.8 Å². The van der Waals surface area contributed by atoms with Gasteiger partial charge in [-0.25, -0.2) is 17.5 Å². The molecule has 1 aliphatic rings. The molecule has 1 N–H and O–H groups in total. The molecule has 21 heavy (non-hydrogen) atoms. The summed E-state index contributed by atoms with van der Waals surface area (Å²) in [4.78, 5) is -0.0162. The molecule has 0 amide bonds. The summed E-state index contributed by atoms with van der Waals surface area (Å²) >= 11 is 3.03. The Morgan fingerprint density at radius 1 is 1.33 bits per heavy atom. The van der Waals surface area contributed by atoms with Gasteiger partial charge in [-0.3, -0.25) is 0 Å². The lowest BCUT2D eigenvalue weighted by molar-refractivity contribution is 0.285. The van der Waals surface area contributed by atoms with Crippen molar-refractivity contribution >= 4 is 26.0 Å². The molecule has 1 atom stereocenters. The Labute approximate surface area is 134 Å². The average molecular weight is 378 g/mol. The molecule has 3 nitrogen and oxygen atoms in total. The van der Waals surface area contributed by atoms with Crippen molar-refractivity contribution in [3.05, 3.63) is 28.5 Å². The van der Waals surface area contributed by atoms with Crippen LogP contribution in [-0.2, 0) is 10.0 Å². The van der Waals surface area contributed by atoms with Crippen LogP contribution in [0.3, 0.4) is 0 Å². The number of hydrogen-bond acceptors (Lipinski definition) is 2. The monoisotopic (exact) mass is 377 g/mol. The van der Waals surface area contributed by atoms with Crippen molar-refractivity contribution in [3.63, 3.8) is 0 Å². The average Bonchev–Trinajstić information content (AvgIpc) is 2.48. The van der Waals surface area contributed by atoms with Gasteiger partial charge in [0.15, 0.2) is 0 Å². The Bertz CT molecular complexity index is 585. The molecule has 0 aliphatic heterocycles. The largest absolute Gasteiger partial charge is 0.240 e. The van der Waals surface area contributed by atoms with Gasteiger partial charge >= 0.3 is 0 Å². The van der Waals surface area contributed by atoms with Gasteiger partial charge in [0, 0.05) is 6.04 Å². The standard InChI is InChI=1S/C15H21BrFNO2S/c1-2-15(11-6-4-3-5-7-11)18-21(19,20)12-8-9-13(16)14(17)10-12/h8-11,15,18H,2-7H2,1H3. The molecular weight excluding hydrogens is 357 g/mol. The zero-order chi connectivity index (χ0) is 15.5. The Hall–Kier alpha value is -0.460. The molecule has 0 aromatic heterocycles. The Morgan fingerprint density at radius 2 is 2.00 bits per heavy atom. The quantitative estimate of drug-likeness (QED) is 0.834. The fourth-order valence-electron chi connectivity index (χ4n) is 2.96. The Balaban J connectivity index is 2.16. The third-order valence-corrected chi connectivity index (χ3v) is 6.30. The van der Waals surface area contributed by atoms with Gasteiger partial charge in [0.25, 0.3) is 0 Å². The highest BCUT2D eigenvalue weighted by Crippen LogP contribution is 2.29. The van der Waals surface area contributed by atoms with Crippen LogP contribution >= 0.6 is 15.9 Å². The van der Waals surface area contributed by atoms with Crippen LogP contribution in [0.25, 0.3) is 0 Å². The molecule has 1 saturated carbocycles. The van der Waals surface area contributed by atoms with E-state index in [0.29, 0.717) is 5.92 Å². The van der Waals surface area contributed by atoms with Gasteiger partial charge < -0.3 is 0 Å². The maximum atomic E-state index is 13.5. The highest BCUT2D eigenvalue weighted by Gasteiger charge is 2.27. The summed E-state index contributed by atoms with van der Waals surface area (Å²) in [6.45, 7) is 1.99. The van der Waals surface area contributed by atoms with Crippen molar-refractivity contribution in [2.24, 2.45) is 5.92 Å². The van der Waals surface area contributed by atoms with E-state index in [1.807, 2.05) is 6.92 Å². The third kappa shape index (κ3) is 4.27. The van der Waals surface area contributed by atoms with E-state index in [-0.39, 0.29) is 15.4 Å². The molecule has 0 radical (unpaired) electrons. The van der Waals surface area contributed by atoms with Crippen LogP contribution in [0.2, 0.25) is 0 Å². The minimum absolute atomic E-state index is 0.0162. The van der Waals surface area contributed by atoms with Gasteiger partial charge in [-0.2, -0.15) is 0 Å².